The van der Waals surface area contributed by atoms with Gasteiger partial charge in [0.05, 0.1) is 11.9 Å². The summed E-state index contributed by atoms with van der Waals surface area (Å²) < 4.78 is 37.2. The van der Waals surface area contributed by atoms with Crippen LogP contribution < -0.4 is 10.6 Å². The van der Waals surface area contributed by atoms with Crippen molar-refractivity contribution in [2.45, 2.75) is 18.2 Å². The number of carbonyl (C=O) groups excluding carboxylic acids is 1. The molecule has 3 heterocycles. The van der Waals surface area contributed by atoms with E-state index >= 15 is 0 Å². The number of anilines is 1. The molecule has 1 aromatic rings. The van der Waals surface area contributed by atoms with E-state index in [1.54, 1.807) is 12.4 Å². The van der Waals surface area contributed by atoms with Crippen LogP contribution in [0.4, 0.5) is 23.7 Å². The number of fused-ring (bicyclic) bond motifs is 2. The molecule has 1 unspecified atom stereocenters. The van der Waals surface area contributed by atoms with Crippen molar-refractivity contribution >= 4 is 17.7 Å². The molecule has 3 N–H and O–H groups in total. The molecular formula is C12H12F3N3O4. The van der Waals surface area contributed by atoms with Crippen molar-refractivity contribution in [3.8, 4) is 0 Å². The minimum absolute atomic E-state index is 0.390. The van der Waals surface area contributed by atoms with Crippen molar-refractivity contribution in [2.75, 3.05) is 18.4 Å². The zero-order chi connectivity index (χ0) is 16.4. The zero-order valence-corrected chi connectivity index (χ0v) is 11.1. The number of pyridine rings is 1. The molecule has 1 spiro atoms. The van der Waals surface area contributed by atoms with Gasteiger partial charge in [0.15, 0.2) is 5.60 Å². The smallest absolute Gasteiger partial charge is 0.475 e. The van der Waals surface area contributed by atoms with E-state index in [-0.39, 0.29) is 6.09 Å². The van der Waals surface area contributed by atoms with Crippen LogP contribution in [0.3, 0.4) is 0 Å². The molecular weight excluding hydrogens is 307 g/mol. The van der Waals surface area contributed by atoms with Crippen molar-refractivity contribution in [1.29, 1.82) is 0 Å². The first kappa shape index (κ1) is 16.0. The van der Waals surface area contributed by atoms with Crippen molar-refractivity contribution in [2.24, 2.45) is 0 Å². The third-order valence-corrected chi connectivity index (χ3v) is 3.20. The fraction of sp³-hybridized carbons (Fsp3) is 0.417. The summed E-state index contributed by atoms with van der Waals surface area (Å²) in [6.45, 7) is 1.55. The van der Waals surface area contributed by atoms with Gasteiger partial charge in [0, 0.05) is 24.7 Å². The molecule has 22 heavy (non-hydrogen) atoms. The van der Waals surface area contributed by atoms with Gasteiger partial charge in [-0.15, -0.1) is 0 Å². The summed E-state index contributed by atoms with van der Waals surface area (Å²) in [5.74, 6) is -2.76. The summed E-state index contributed by atoms with van der Waals surface area (Å²) in [5.41, 5.74) is 1.29. The van der Waals surface area contributed by atoms with Gasteiger partial charge in [0.25, 0.3) is 0 Å². The Labute approximate surface area is 122 Å². The third-order valence-electron chi connectivity index (χ3n) is 3.20. The summed E-state index contributed by atoms with van der Waals surface area (Å²) in [6, 6.07) is 1.90. The lowest BCUT2D eigenvalue weighted by molar-refractivity contribution is -0.192. The quantitative estimate of drug-likeness (QED) is 0.669. The molecule has 120 valence electrons. The topological polar surface area (TPSA) is 101 Å². The van der Waals surface area contributed by atoms with Gasteiger partial charge in [-0.1, -0.05) is 0 Å². The SMILES string of the molecule is O=C(O)C(F)(F)F.O=C1Nc2cnccc2C2(CCNC2)O1. The maximum atomic E-state index is 11.4. The molecule has 7 nitrogen and oxygen atoms in total. The van der Waals surface area contributed by atoms with E-state index in [0.717, 1.165) is 24.2 Å². The molecule has 0 aliphatic carbocycles. The predicted octanol–water partition coefficient (Wildman–Crippen LogP) is 1.47. The largest absolute Gasteiger partial charge is 0.490 e. The number of carbonyl (C=O) groups is 2. The summed E-state index contributed by atoms with van der Waals surface area (Å²) in [7, 11) is 0. The lowest BCUT2D eigenvalue weighted by Gasteiger charge is -2.34. The van der Waals surface area contributed by atoms with Gasteiger partial charge in [-0.2, -0.15) is 13.2 Å². The summed E-state index contributed by atoms with van der Waals surface area (Å²) in [4.78, 5) is 24.3. The maximum absolute atomic E-state index is 11.4. The molecule has 1 saturated heterocycles. The Bertz CT molecular complexity index is 585. The van der Waals surface area contributed by atoms with Crippen molar-refractivity contribution in [3.63, 3.8) is 0 Å². The number of aliphatic carboxylic acids is 1. The second-order valence-corrected chi connectivity index (χ2v) is 4.66. The van der Waals surface area contributed by atoms with Gasteiger partial charge in [-0.05, 0) is 12.6 Å². The molecule has 3 rings (SSSR count). The summed E-state index contributed by atoms with van der Waals surface area (Å²) in [5, 5.41) is 13.0. The number of carboxylic acids is 1. The number of halogens is 3. The highest BCUT2D eigenvalue weighted by atomic mass is 19.4. The Morgan fingerprint density at radius 1 is 1.45 bits per heavy atom. The first-order valence-corrected chi connectivity index (χ1v) is 6.20. The Morgan fingerprint density at radius 2 is 2.14 bits per heavy atom. The van der Waals surface area contributed by atoms with Crippen LogP contribution >= 0.6 is 0 Å². The molecule has 1 aromatic heterocycles. The van der Waals surface area contributed by atoms with E-state index in [4.69, 9.17) is 14.6 Å². The van der Waals surface area contributed by atoms with Crippen molar-refractivity contribution < 1.29 is 32.6 Å². The van der Waals surface area contributed by atoms with Crippen LogP contribution in [-0.4, -0.2) is 41.4 Å². The van der Waals surface area contributed by atoms with Crippen LogP contribution in [-0.2, 0) is 15.1 Å². The van der Waals surface area contributed by atoms with E-state index in [1.165, 1.54) is 0 Å². The average molecular weight is 319 g/mol. The standard InChI is InChI=1S/C10H11N3O2.C2HF3O2/c14-9-13-8-5-11-3-1-7(8)10(15-9)2-4-12-6-10;3-2(4,5)1(6)7/h1,3,5,12H,2,4,6H2,(H,13,14);(H,6,7). The molecule has 1 atom stereocenters. The minimum Gasteiger partial charge on any atom is -0.475 e. The van der Waals surface area contributed by atoms with Gasteiger partial charge in [-0.3, -0.25) is 10.3 Å². The molecule has 0 saturated carbocycles. The Kier molecular flexibility index (Phi) is 4.22. The van der Waals surface area contributed by atoms with E-state index in [9.17, 15) is 18.0 Å². The number of aromatic nitrogens is 1. The maximum Gasteiger partial charge on any atom is 0.490 e. The highest BCUT2D eigenvalue weighted by Gasteiger charge is 2.44. The highest BCUT2D eigenvalue weighted by molar-refractivity contribution is 5.88. The average Bonchev–Trinajstić information content (AvgIpc) is 2.87. The number of rotatable bonds is 0. The first-order valence-electron chi connectivity index (χ1n) is 6.20. The van der Waals surface area contributed by atoms with Crippen LogP contribution in [0.15, 0.2) is 18.5 Å². The second kappa shape index (κ2) is 5.79. The number of alkyl halides is 3. The number of ether oxygens (including phenoxy) is 1. The number of carboxylic acid groups (broad SMARTS) is 1. The van der Waals surface area contributed by atoms with Crippen molar-refractivity contribution in [1.82, 2.24) is 10.3 Å². The Morgan fingerprint density at radius 3 is 2.68 bits per heavy atom. The summed E-state index contributed by atoms with van der Waals surface area (Å²) >= 11 is 0. The van der Waals surface area contributed by atoms with Crippen LogP contribution in [0.2, 0.25) is 0 Å². The minimum atomic E-state index is -5.08. The number of hydrogen-bond acceptors (Lipinski definition) is 5. The van der Waals surface area contributed by atoms with Gasteiger partial charge < -0.3 is 15.2 Å². The van der Waals surface area contributed by atoms with Gasteiger partial charge >= 0.3 is 18.2 Å². The summed E-state index contributed by atoms with van der Waals surface area (Å²) in [6.07, 6.45) is -1.27. The number of amides is 1. The van der Waals surface area contributed by atoms with Crippen molar-refractivity contribution in [3.05, 3.63) is 24.0 Å². The van der Waals surface area contributed by atoms with E-state index < -0.39 is 17.7 Å². The lowest BCUT2D eigenvalue weighted by atomic mass is 9.91. The van der Waals surface area contributed by atoms with Gasteiger partial charge in [-0.25, -0.2) is 9.59 Å². The number of hydrogen-bond donors (Lipinski definition) is 3. The van der Waals surface area contributed by atoms with Crippen LogP contribution in [0, 0.1) is 0 Å². The zero-order valence-electron chi connectivity index (χ0n) is 11.1. The Balaban J connectivity index is 0.000000217. The normalized spacial score (nSPS) is 23.0. The molecule has 0 aromatic carbocycles. The highest BCUT2D eigenvalue weighted by Crippen LogP contribution is 2.39. The molecule has 2 aliphatic rings. The molecule has 2 aliphatic heterocycles. The fourth-order valence-corrected chi connectivity index (χ4v) is 2.25. The fourth-order valence-electron chi connectivity index (χ4n) is 2.25. The lowest BCUT2D eigenvalue weighted by Crippen LogP contribution is -2.41. The first-order chi connectivity index (χ1) is 10.2. The molecule has 0 bridgehead atoms. The number of nitrogens with zero attached hydrogens (tertiary/aromatic N) is 1. The van der Waals surface area contributed by atoms with E-state index in [0.29, 0.717) is 6.54 Å². The second-order valence-electron chi connectivity index (χ2n) is 4.66. The predicted molar refractivity (Wildman–Crippen MR) is 67.2 cm³/mol. The molecule has 10 heteroatoms. The van der Waals surface area contributed by atoms with Gasteiger partial charge in [0.1, 0.15) is 0 Å². The number of nitrogens with one attached hydrogen (secondary N) is 2. The van der Waals surface area contributed by atoms with E-state index in [2.05, 4.69) is 15.6 Å². The van der Waals surface area contributed by atoms with Gasteiger partial charge in [0.2, 0.25) is 0 Å². The van der Waals surface area contributed by atoms with Crippen LogP contribution in [0.1, 0.15) is 12.0 Å². The Hall–Kier alpha value is -2.36. The van der Waals surface area contributed by atoms with Crippen LogP contribution in [0.5, 0.6) is 0 Å². The molecule has 0 radical (unpaired) electrons. The van der Waals surface area contributed by atoms with E-state index in [1.807, 2.05) is 6.07 Å². The third kappa shape index (κ3) is 3.27. The monoisotopic (exact) mass is 319 g/mol. The molecule has 1 amide bonds. The van der Waals surface area contributed by atoms with Crippen LogP contribution in [0.25, 0.3) is 0 Å². The molecule has 1 fully saturated rings.